The number of fused-ring (bicyclic) bond motifs is 1. The molecule has 1 aliphatic heterocycles. The summed E-state index contributed by atoms with van der Waals surface area (Å²) in [6.45, 7) is 0.956. The number of carbonyl (C=O) groups is 1. The zero-order valence-electron chi connectivity index (χ0n) is 23.5. The minimum atomic E-state index is -0.801. The topological polar surface area (TPSA) is 99.3 Å². The standard InChI is InChI=1S/C33H25F3N4O4/c1-42-33(41)24-14-30-29(15-27(24)36)38-31(40(30)17-23-9-10-43-23)13-20-7-8-21(12-26(20)35)28-3-2-4-32(39-28)44-18-22-6-5-19(16-37)11-25(22)34/h2-8,11-12,14-15,23H,9-10,13,17-18H2,1H3/t23-/m0/s1. The summed E-state index contributed by atoms with van der Waals surface area (Å²) in [4.78, 5) is 21.1. The Balaban J connectivity index is 1.24. The average Bonchev–Trinajstić information content (AvgIpc) is 3.33. The Morgan fingerprint density at radius 3 is 2.52 bits per heavy atom. The number of ether oxygens (including phenoxy) is 3. The van der Waals surface area contributed by atoms with Crippen molar-refractivity contribution in [2.24, 2.45) is 0 Å². The fourth-order valence-electron chi connectivity index (χ4n) is 4.99. The van der Waals surface area contributed by atoms with Crippen LogP contribution in [-0.4, -0.2) is 40.3 Å². The molecule has 0 aliphatic carbocycles. The van der Waals surface area contributed by atoms with Crippen molar-refractivity contribution in [2.75, 3.05) is 13.7 Å². The minimum Gasteiger partial charge on any atom is -0.473 e. The number of pyridine rings is 1. The van der Waals surface area contributed by atoms with Crippen molar-refractivity contribution >= 4 is 17.0 Å². The van der Waals surface area contributed by atoms with E-state index >= 15 is 4.39 Å². The van der Waals surface area contributed by atoms with E-state index in [-0.39, 0.29) is 41.7 Å². The molecule has 5 aromatic rings. The van der Waals surface area contributed by atoms with Crippen LogP contribution in [0.5, 0.6) is 5.88 Å². The summed E-state index contributed by atoms with van der Waals surface area (Å²) in [5, 5.41) is 8.92. The monoisotopic (exact) mass is 598 g/mol. The maximum atomic E-state index is 15.5. The molecule has 3 heterocycles. The summed E-state index contributed by atoms with van der Waals surface area (Å²) in [6, 6.07) is 18.3. The number of nitrogens with zero attached hydrogens (tertiary/aromatic N) is 4. The molecule has 0 bridgehead atoms. The number of carbonyl (C=O) groups excluding carboxylic acids is 1. The van der Waals surface area contributed by atoms with Gasteiger partial charge in [0, 0.05) is 36.3 Å². The summed E-state index contributed by atoms with van der Waals surface area (Å²) < 4.78 is 62.2. The zero-order valence-corrected chi connectivity index (χ0v) is 23.5. The maximum Gasteiger partial charge on any atom is 0.340 e. The van der Waals surface area contributed by atoms with Gasteiger partial charge in [-0.05, 0) is 42.3 Å². The van der Waals surface area contributed by atoms with Gasteiger partial charge < -0.3 is 18.8 Å². The van der Waals surface area contributed by atoms with Crippen molar-refractivity contribution in [3.63, 3.8) is 0 Å². The van der Waals surface area contributed by atoms with Crippen LogP contribution in [0, 0.1) is 28.8 Å². The number of imidazole rings is 1. The normalized spacial score (nSPS) is 14.2. The molecule has 0 unspecified atom stereocenters. The Morgan fingerprint density at radius 1 is 1.02 bits per heavy atom. The van der Waals surface area contributed by atoms with Crippen LogP contribution < -0.4 is 4.74 Å². The van der Waals surface area contributed by atoms with E-state index in [1.165, 1.54) is 37.4 Å². The fraction of sp³-hybridized carbons (Fsp3) is 0.212. The molecule has 11 heteroatoms. The molecule has 8 nitrogen and oxygen atoms in total. The van der Waals surface area contributed by atoms with Crippen molar-refractivity contribution in [3.8, 4) is 23.2 Å². The summed E-state index contributed by atoms with van der Waals surface area (Å²) in [7, 11) is 1.18. The number of methoxy groups -OCH3 is 1. The molecule has 0 spiro atoms. The highest BCUT2D eigenvalue weighted by Gasteiger charge is 2.24. The van der Waals surface area contributed by atoms with E-state index in [1.54, 1.807) is 30.3 Å². The molecular formula is C33H25F3N4O4. The van der Waals surface area contributed by atoms with E-state index in [1.807, 2.05) is 10.6 Å². The number of benzene rings is 3. The third kappa shape index (κ3) is 5.85. The minimum absolute atomic E-state index is 0.0704. The predicted molar refractivity (Wildman–Crippen MR) is 153 cm³/mol. The molecule has 1 atom stereocenters. The van der Waals surface area contributed by atoms with E-state index in [2.05, 4.69) is 9.97 Å². The smallest absolute Gasteiger partial charge is 0.340 e. The Hall–Kier alpha value is -5.21. The number of hydrogen-bond donors (Lipinski definition) is 0. The predicted octanol–water partition coefficient (Wildman–Crippen LogP) is 6.13. The second-order valence-electron chi connectivity index (χ2n) is 10.3. The van der Waals surface area contributed by atoms with Gasteiger partial charge in [-0.15, -0.1) is 0 Å². The van der Waals surface area contributed by atoms with Gasteiger partial charge in [0.2, 0.25) is 5.88 Å². The van der Waals surface area contributed by atoms with Crippen molar-refractivity contribution in [1.29, 1.82) is 5.26 Å². The number of halogens is 3. The molecular weight excluding hydrogens is 573 g/mol. The first-order valence-electron chi connectivity index (χ1n) is 13.8. The lowest BCUT2D eigenvalue weighted by atomic mass is 10.1. The van der Waals surface area contributed by atoms with Gasteiger partial charge in [-0.2, -0.15) is 5.26 Å². The Morgan fingerprint density at radius 2 is 1.82 bits per heavy atom. The van der Waals surface area contributed by atoms with Crippen molar-refractivity contribution < 1.29 is 32.2 Å². The number of esters is 1. The Bertz CT molecular complexity index is 1930. The lowest BCUT2D eigenvalue weighted by Crippen LogP contribution is -2.31. The molecule has 1 aliphatic rings. The van der Waals surface area contributed by atoms with Crippen LogP contribution in [0.3, 0.4) is 0 Å². The highest BCUT2D eigenvalue weighted by molar-refractivity contribution is 5.94. The maximum absolute atomic E-state index is 15.5. The van der Waals surface area contributed by atoms with E-state index in [0.29, 0.717) is 46.8 Å². The molecule has 1 fully saturated rings. The highest BCUT2D eigenvalue weighted by atomic mass is 19.1. The van der Waals surface area contributed by atoms with E-state index in [9.17, 15) is 13.6 Å². The molecule has 44 heavy (non-hydrogen) atoms. The lowest BCUT2D eigenvalue weighted by Gasteiger charge is -2.27. The average molecular weight is 599 g/mol. The van der Waals surface area contributed by atoms with Crippen molar-refractivity contribution in [2.45, 2.75) is 32.1 Å². The van der Waals surface area contributed by atoms with Crippen LogP contribution in [0.25, 0.3) is 22.3 Å². The molecule has 2 aromatic heterocycles. The van der Waals surface area contributed by atoms with Gasteiger partial charge in [0.1, 0.15) is 29.9 Å². The third-order valence-corrected chi connectivity index (χ3v) is 7.48. The van der Waals surface area contributed by atoms with Crippen LogP contribution in [-0.2, 0) is 29.0 Å². The van der Waals surface area contributed by atoms with Crippen LogP contribution in [0.2, 0.25) is 0 Å². The van der Waals surface area contributed by atoms with Crippen LogP contribution >= 0.6 is 0 Å². The zero-order chi connectivity index (χ0) is 30.8. The molecule has 0 radical (unpaired) electrons. The molecule has 0 saturated carbocycles. The molecule has 3 aromatic carbocycles. The molecule has 6 rings (SSSR count). The van der Waals surface area contributed by atoms with Crippen molar-refractivity contribution in [3.05, 3.63) is 112 Å². The van der Waals surface area contributed by atoms with Crippen LogP contribution in [0.1, 0.15) is 39.3 Å². The van der Waals surface area contributed by atoms with E-state index < -0.39 is 23.4 Å². The second kappa shape index (κ2) is 12.2. The summed E-state index contributed by atoms with van der Waals surface area (Å²) in [5.74, 6) is -1.88. The fourth-order valence-corrected chi connectivity index (χ4v) is 4.99. The first-order chi connectivity index (χ1) is 21.3. The number of rotatable bonds is 9. The van der Waals surface area contributed by atoms with Gasteiger partial charge in [-0.25, -0.2) is 27.9 Å². The van der Waals surface area contributed by atoms with Gasteiger partial charge >= 0.3 is 5.97 Å². The van der Waals surface area contributed by atoms with E-state index in [4.69, 9.17) is 19.5 Å². The summed E-state index contributed by atoms with van der Waals surface area (Å²) >= 11 is 0. The molecule has 222 valence electrons. The molecule has 1 saturated heterocycles. The van der Waals surface area contributed by atoms with Gasteiger partial charge in [-0.3, -0.25) is 0 Å². The largest absolute Gasteiger partial charge is 0.473 e. The Kier molecular flexibility index (Phi) is 8.00. The lowest BCUT2D eigenvalue weighted by molar-refractivity contribution is -0.0589. The van der Waals surface area contributed by atoms with Crippen LogP contribution in [0.15, 0.2) is 66.7 Å². The third-order valence-electron chi connectivity index (χ3n) is 7.48. The molecule has 0 N–H and O–H groups in total. The Labute approximate surface area is 250 Å². The van der Waals surface area contributed by atoms with Gasteiger partial charge in [0.15, 0.2) is 0 Å². The quantitative estimate of drug-likeness (QED) is 0.188. The van der Waals surface area contributed by atoms with E-state index in [0.717, 1.165) is 12.5 Å². The number of hydrogen-bond acceptors (Lipinski definition) is 7. The van der Waals surface area contributed by atoms with Crippen molar-refractivity contribution in [1.82, 2.24) is 14.5 Å². The number of aromatic nitrogens is 3. The van der Waals surface area contributed by atoms with Crippen LogP contribution in [0.4, 0.5) is 13.2 Å². The van der Waals surface area contributed by atoms with Gasteiger partial charge in [0.25, 0.3) is 0 Å². The summed E-state index contributed by atoms with van der Waals surface area (Å²) in [6.07, 6.45) is 0.875. The van der Waals surface area contributed by atoms with Gasteiger partial charge in [0.05, 0.1) is 53.7 Å². The highest BCUT2D eigenvalue weighted by Crippen LogP contribution is 2.28. The first-order valence-corrected chi connectivity index (χ1v) is 13.8. The first kappa shape index (κ1) is 28.9. The SMILES string of the molecule is COC(=O)c1cc2c(cc1F)nc(Cc1ccc(-c3cccc(OCc4ccc(C#N)cc4F)n3)cc1F)n2C[C@@H]1CCO1. The second-order valence-corrected chi connectivity index (χ2v) is 10.3. The summed E-state index contributed by atoms with van der Waals surface area (Å²) in [5.41, 5.74) is 2.44. The number of nitriles is 1. The van der Waals surface area contributed by atoms with Gasteiger partial charge in [-0.1, -0.05) is 24.3 Å². The molecule has 0 amide bonds.